The van der Waals surface area contributed by atoms with Crippen LogP contribution in [0.5, 0.6) is 5.75 Å². The molecule has 0 unspecified atom stereocenters. The highest BCUT2D eigenvalue weighted by Gasteiger charge is 2.14. The van der Waals surface area contributed by atoms with E-state index in [1.54, 1.807) is 11.8 Å². The molecule has 1 N–H and O–H groups in total. The van der Waals surface area contributed by atoms with Crippen LogP contribution in [0.15, 0.2) is 66.1 Å². The van der Waals surface area contributed by atoms with E-state index < -0.39 is 0 Å². The highest BCUT2D eigenvalue weighted by molar-refractivity contribution is 7.99. The molecule has 0 aromatic heterocycles. The van der Waals surface area contributed by atoms with Crippen LogP contribution in [0.3, 0.4) is 0 Å². The standard InChI is InChI=1S/C20H23NO2S/c1-4-13-24-19-8-6-5-7-18(19)20(22)21-16(3)14-23-17-11-9-15(2)10-12-17/h4-12,16H,1,13-14H2,2-3H3,(H,21,22)/t16-/m1/s1. The van der Waals surface area contributed by atoms with Crippen molar-refractivity contribution in [2.45, 2.75) is 24.8 Å². The van der Waals surface area contributed by atoms with Crippen LogP contribution in [0.4, 0.5) is 0 Å². The summed E-state index contributed by atoms with van der Waals surface area (Å²) in [5.74, 6) is 1.50. The van der Waals surface area contributed by atoms with Crippen LogP contribution in [0, 0.1) is 6.92 Å². The number of rotatable bonds is 8. The molecule has 126 valence electrons. The quantitative estimate of drug-likeness (QED) is 0.569. The Balaban J connectivity index is 1.91. The average Bonchev–Trinajstić information content (AvgIpc) is 2.59. The summed E-state index contributed by atoms with van der Waals surface area (Å²) in [6.45, 7) is 8.12. The smallest absolute Gasteiger partial charge is 0.252 e. The van der Waals surface area contributed by atoms with E-state index in [1.165, 1.54) is 5.56 Å². The second-order valence-electron chi connectivity index (χ2n) is 5.59. The Morgan fingerprint density at radius 1 is 1.25 bits per heavy atom. The van der Waals surface area contributed by atoms with Crippen molar-refractivity contribution in [3.8, 4) is 5.75 Å². The number of carbonyl (C=O) groups excluding carboxylic acids is 1. The molecule has 0 fully saturated rings. The highest BCUT2D eigenvalue weighted by Crippen LogP contribution is 2.22. The molecule has 0 aliphatic heterocycles. The third kappa shape index (κ3) is 5.46. The van der Waals surface area contributed by atoms with Gasteiger partial charge < -0.3 is 10.1 Å². The van der Waals surface area contributed by atoms with Gasteiger partial charge in [0, 0.05) is 10.6 Å². The van der Waals surface area contributed by atoms with Gasteiger partial charge in [0.25, 0.3) is 5.91 Å². The van der Waals surface area contributed by atoms with Crippen LogP contribution in [0.25, 0.3) is 0 Å². The fourth-order valence-corrected chi connectivity index (χ4v) is 2.92. The Morgan fingerprint density at radius 2 is 1.96 bits per heavy atom. The molecular formula is C20H23NO2S. The summed E-state index contributed by atoms with van der Waals surface area (Å²) >= 11 is 1.60. The van der Waals surface area contributed by atoms with Gasteiger partial charge in [-0.3, -0.25) is 4.79 Å². The summed E-state index contributed by atoms with van der Waals surface area (Å²) in [7, 11) is 0. The fraction of sp³-hybridized carbons (Fsp3) is 0.250. The molecule has 24 heavy (non-hydrogen) atoms. The Morgan fingerprint density at radius 3 is 2.67 bits per heavy atom. The van der Waals surface area contributed by atoms with Crippen LogP contribution < -0.4 is 10.1 Å². The minimum atomic E-state index is -0.0868. The minimum Gasteiger partial charge on any atom is -0.491 e. The summed E-state index contributed by atoms with van der Waals surface area (Å²) in [5, 5.41) is 2.99. The van der Waals surface area contributed by atoms with Crippen molar-refractivity contribution >= 4 is 17.7 Å². The molecule has 0 aliphatic rings. The van der Waals surface area contributed by atoms with E-state index in [0.29, 0.717) is 12.2 Å². The van der Waals surface area contributed by atoms with Gasteiger partial charge in [0.2, 0.25) is 0 Å². The topological polar surface area (TPSA) is 38.3 Å². The number of carbonyl (C=O) groups is 1. The first-order valence-electron chi connectivity index (χ1n) is 7.93. The Bertz CT molecular complexity index is 682. The zero-order valence-corrected chi connectivity index (χ0v) is 14.9. The molecule has 0 radical (unpaired) electrons. The third-order valence-electron chi connectivity index (χ3n) is 3.39. The predicted octanol–water partition coefficient (Wildman–Crippen LogP) is 4.47. The summed E-state index contributed by atoms with van der Waals surface area (Å²) in [6, 6.07) is 15.4. The molecule has 0 heterocycles. The van der Waals surface area contributed by atoms with Crippen molar-refractivity contribution < 1.29 is 9.53 Å². The largest absolute Gasteiger partial charge is 0.491 e. The SMILES string of the molecule is C=CCSc1ccccc1C(=O)N[C@H](C)COc1ccc(C)cc1. The van der Waals surface area contributed by atoms with E-state index >= 15 is 0 Å². The normalized spacial score (nSPS) is 11.6. The number of nitrogens with one attached hydrogen (secondary N) is 1. The zero-order valence-electron chi connectivity index (χ0n) is 14.1. The van der Waals surface area contributed by atoms with Crippen LogP contribution in [-0.4, -0.2) is 24.3 Å². The molecule has 0 aliphatic carbocycles. The maximum Gasteiger partial charge on any atom is 0.252 e. The van der Waals surface area contributed by atoms with E-state index in [2.05, 4.69) is 11.9 Å². The van der Waals surface area contributed by atoms with Crippen molar-refractivity contribution in [1.82, 2.24) is 5.32 Å². The predicted molar refractivity (Wildman–Crippen MR) is 101 cm³/mol. The fourth-order valence-electron chi connectivity index (χ4n) is 2.13. The van der Waals surface area contributed by atoms with Crippen molar-refractivity contribution in [3.05, 3.63) is 72.3 Å². The van der Waals surface area contributed by atoms with E-state index in [4.69, 9.17) is 4.74 Å². The molecule has 2 aromatic rings. The van der Waals surface area contributed by atoms with E-state index in [-0.39, 0.29) is 11.9 Å². The van der Waals surface area contributed by atoms with E-state index in [9.17, 15) is 4.79 Å². The van der Waals surface area contributed by atoms with E-state index in [1.807, 2.05) is 68.5 Å². The van der Waals surface area contributed by atoms with Crippen molar-refractivity contribution in [2.24, 2.45) is 0 Å². The van der Waals surface area contributed by atoms with Gasteiger partial charge in [0.05, 0.1) is 11.6 Å². The first-order chi connectivity index (χ1) is 11.6. The number of ether oxygens (including phenoxy) is 1. The number of amides is 1. The van der Waals surface area contributed by atoms with Crippen molar-refractivity contribution in [2.75, 3.05) is 12.4 Å². The average molecular weight is 341 g/mol. The van der Waals surface area contributed by atoms with Gasteiger partial charge in [-0.1, -0.05) is 35.9 Å². The lowest BCUT2D eigenvalue weighted by atomic mass is 10.2. The second kappa shape index (κ2) is 9.18. The van der Waals surface area contributed by atoms with Crippen molar-refractivity contribution in [3.63, 3.8) is 0 Å². The zero-order chi connectivity index (χ0) is 17.4. The molecule has 1 amide bonds. The molecule has 3 nitrogen and oxygen atoms in total. The van der Waals surface area contributed by atoms with Gasteiger partial charge >= 0.3 is 0 Å². The highest BCUT2D eigenvalue weighted by atomic mass is 32.2. The molecule has 1 atom stereocenters. The minimum absolute atomic E-state index is 0.0813. The van der Waals surface area contributed by atoms with Crippen LogP contribution in [0.1, 0.15) is 22.8 Å². The summed E-state index contributed by atoms with van der Waals surface area (Å²) in [5.41, 5.74) is 1.88. The molecule has 2 aromatic carbocycles. The lowest BCUT2D eigenvalue weighted by Gasteiger charge is -2.16. The monoisotopic (exact) mass is 341 g/mol. The summed E-state index contributed by atoms with van der Waals surface area (Å²) in [6.07, 6.45) is 1.83. The van der Waals surface area contributed by atoms with Crippen LogP contribution >= 0.6 is 11.8 Å². The lowest BCUT2D eigenvalue weighted by Crippen LogP contribution is -2.37. The van der Waals surface area contributed by atoms with Gasteiger partial charge in [0.1, 0.15) is 12.4 Å². The van der Waals surface area contributed by atoms with Gasteiger partial charge in [-0.05, 0) is 38.1 Å². The summed E-state index contributed by atoms with van der Waals surface area (Å²) in [4.78, 5) is 13.4. The van der Waals surface area contributed by atoms with Crippen LogP contribution in [-0.2, 0) is 0 Å². The number of benzene rings is 2. The number of aryl methyl sites for hydroxylation is 1. The lowest BCUT2D eigenvalue weighted by molar-refractivity contribution is 0.0923. The molecule has 0 spiro atoms. The molecule has 4 heteroatoms. The molecule has 0 bridgehead atoms. The number of hydrogen-bond donors (Lipinski definition) is 1. The number of hydrogen-bond acceptors (Lipinski definition) is 3. The molecule has 2 rings (SSSR count). The Labute approximate surface area is 148 Å². The maximum atomic E-state index is 12.5. The number of thioether (sulfide) groups is 1. The molecule has 0 saturated heterocycles. The van der Waals surface area contributed by atoms with Crippen molar-refractivity contribution in [1.29, 1.82) is 0 Å². The maximum absolute atomic E-state index is 12.5. The van der Waals surface area contributed by atoms with Gasteiger partial charge in [0.15, 0.2) is 0 Å². The van der Waals surface area contributed by atoms with Gasteiger partial charge in [-0.15, -0.1) is 18.3 Å². The molecule has 0 saturated carbocycles. The first kappa shape index (κ1) is 18.1. The summed E-state index contributed by atoms with van der Waals surface area (Å²) < 4.78 is 5.72. The first-order valence-corrected chi connectivity index (χ1v) is 8.91. The third-order valence-corrected chi connectivity index (χ3v) is 4.46. The Hall–Kier alpha value is -2.20. The second-order valence-corrected chi connectivity index (χ2v) is 6.66. The van der Waals surface area contributed by atoms with Gasteiger partial charge in [-0.25, -0.2) is 0 Å². The van der Waals surface area contributed by atoms with Crippen LogP contribution in [0.2, 0.25) is 0 Å². The van der Waals surface area contributed by atoms with Gasteiger partial charge in [-0.2, -0.15) is 0 Å². The van der Waals surface area contributed by atoms with E-state index in [0.717, 1.165) is 16.4 Å². The molecular weight excluding hydrogens is 318 g/mol. The Kier molecular flexibility index (Phi) is 6.94.